The van der Waals surface area contributed by atoms with Gasteiger partial charge in [-0.15, -0.1) is 0 Å². The summed E-state index contributed by atoms with van der Waals surface area (Å²) >= 11 is 0. The van der Waals surface area contributed by atoms with Crippen LogP contribution in [0.4, 0.5) is 18.9 Å². The number of carbonyl (C=O) groups excluding carboxylic acids is 1. The van der Waals surface area contributed by atoms with Crippen molar-refractivity contribution in [1.29, 1.82) is 0 Å². The smallest absolute Gasteiger partial charge is 0.387 e. The highest BCUT2D eigenvalue weighted by Gasteiger charge is 2.31. The number of anilines is 1. The van der Waals surface area contributed by atoms with Gasteiger partial charge in [-0.25, -0.2) is 0 Å². The van der Waals surface area contributed by atoms with E-state index in [0.717, 1.165) is 36.3 Å². The molecule has 138 valence electrons. The highest BCUT2D eigenvalue weighted by molar-refractivity contribution is 5.94. The van der Waals surface area contributed by atoms with Crippen LogP contribution in [-0.2, 0) is 12.6 Å². The predicted molar refractivity (Wildman–Crippen MR) is 92.2 cm³/mol. The Morgan fingerprint density at radius 2 is 2.04 bits per heavy atom. The molecule has 0 aliphatic carbocycles. The van der Waals surface area contributed by atoms with Crippen LogP contribution in [-0.4, -0.2) is 31.2 Å². The summed E-state index contributed by atoms with van der Waals surface area (Å²) in [6.07, 6.45) is -4.54. The molecule has 1 aliphatic heterocycles. The van der Waals surface area contributed by atoms with Crippen molar-refractivity contribution in [2.24, 2.45) is 0 Å². The van der Waals surface area contributed by atoms with Crippen molar-refractivity contribution in [3.63, 3.8) is 0 Å². The molecule has 0 radical (unpaired) electrons. The largest absolute Gasteiger partial charge is 0.416 e. The van der Waals surface area contributed by atoms with Gasteiger partial charge in [-0.05, 0) is 41.8 Å². The van der Waals surface area contributed by atoms with Crippen LogP contribution in [0.3, 0.4) is 0 Å². The molecule has 0 spiro atoms. The van der Waals surface area contributed by atoms with Crippen molar-refractivity contribution in [3.8, 4) is 0 Å². The van der Waals surface area contributed by atoms with Crippen LogP contribution < -0.4 is 10.2 Å². The summed E-state index contributed by atoms with van der Waals surface area (Å²) in [5.41, 5.74) is 1.95. The van der Waals surface area contributed by atoms with Crippen LogP contribution in [0.15, 0.2) is 42.5 Å². The standard InChI is InChI=1S/C19H19F3N2O2/c1-24-8-7-12-9-13(5-6-16(12)24)17(25)11-23-18(26)14-3-2-4-15(10-14)19(20,21)22/h2-6,9-10,17,25H,7-8,11H2,1H3,(H,23,26). The van der Waals surface area contributed by atoms with Crippen LogP contribution in [0.2, 0.25) is 0 Å². The van der Waals surface area contributed by atoms with Gasteiger partial charge in [0.15, 0.2) is 0 Å². The number of likely N-dealkylation sites (N-methyl/N-ethyl adjacent to an activating group) is 1. The number of amides is 1. The first kappa shape index (κ1) is 18.3. The summed E-state index contributed by atoms with van der Waals surface area (Å²) in [6.45, 7) is 0.838. The summed E-state index contributed by atoms with van der Waals surface area (Å²) < 4.78 is 38.2. The molecule has 1 aliphatic rings. The average Bonchev–Trinajstić information content (AvgIpc) is 2.99. The Kier molecular flexibility index (Phi) is 4.91. The van der Waals surface area contributed by atoms with E-state index < -0.39 is 23.8 Å². The van der Waals surface area contributed by atoms with E-state index in [9.17, 15) is 23.1 Å². The van der Waals surface area contributed by atoms with Gasteiger partial charge in [0.25, 0.3) is 5.91 Å². The van der Waals surface area contributed by atoms with Gasteiger partial charge in [-0.2, -0.15) is 13.2 Å². The van der Waals surface area contributed by atoms with Crippen molar-refractivity contribution in [2.45, 2.75) is 18.7 Å². The first-order valence-electron chi connectivity index (χ1n) is 8.23. The number of halogens is 3. The second-order valence-electron chi connectivity index (χ2n) is 6.36. The van der Waals surface area contributed by atoms with Gasteiger partial charge < -0.3 is 15.3 Å². The van der Waals surface area contributed by atoms with Gasteiger partial charge in [0, 0.05) is 31.4 Å². The molecule has 1 heterocycles. The van der Waals surface area contributed by atoms with Gasteiger partial charge in [-0.3, -0.25) is 4.79 Å². The number of hydrogen-bond acceptors (Lipinski definition) is 3. The third-order valence-corrected chi connectivity index (χ3v) is 4.52. The summed E-state index contributed by atoms with van der Waals surface area (Å²) in [4.78, 5) is 14.2. The molecular weight excluding hydrogens is 345 g/mol. The molecule has 1 unspecified atom stereocenters. The zero-order chi connectivity index (χ0) is 18.9. The zero-order valence-corrected chi connectivity index (χ0v) is 14.2. The third-order valence-electron chi connectivity index (χ3n) is 4.52. The normalized spacial score (nSPS) is 14.9. The second-order valence-corrected chi connectivity index (χ2v) is 6.36. The van der Waals surface area contributed by atoms with E-state index in [1.54, 1.807) is 6.07 Å². The number of fused-ring (bicyclic) bond motifs is 1. The summed E-state index contributed by atoms with van der Waals surface area (Å²) in [6, 6.07) is 9.82. The fourth-order valence-corrected chi connectivity index (χ4v) is 3.04. The molecule has 2 aromatic rings. The minimum Gasteiger partial charge on any atom is -0.387 e. The highest BCUT2D eigenvalue weighted by Crippen LogP contribution is 2.30. The fraction of sp³-hybridized carbons (Fsp3) is 0.316. The van der Waals surface area contributed by atoms with Crippen molar-refractivity contribution in [1.82, 2.24) is 5.32 Å². The quantitative estimate of drug-likeness (QED) is 0.876. The molecule has 0 saturated heterocycles. The summed E-state index contributed by atoms with van der Waals surface area (Å²) in [5.74, 6) is -0.656. The van der Waals surface area contributed by atoms with E-state index in [0.29, 0.717) is 5.56 Å². The SMILES string of the molecule is CN1CCc2cc(C(O)CNC(=O)c3cccc(C(F)(F)F)c3)ccc21. The van der Waals surface area contributed by atoms with Crippen LogP contribution in [0, 0.1) is 0 Å². The third kappa shape index (κ3) is 3.83. The first-order chi connectivity index (χ1) is 12.3. The number of rotatable bonds is 4. The van der Waals surface area contributed by atoms with Crippen molar-refractivity contribution in [2.75, 3.05) is 25.0 Å². The Bertz CT molecular complexity index is 821. The Labute approximate surface area is 149 Å². The molecule has 1 atom stereocenters. The van der Waals surface area contributed by atoms with E-state index in [4.69, 9.17) is 0 Å². The van der Waals surface area contributed by atoms with Gasteiger partial charge in [0.05, 0.1) is 11.7 Å². The maximum Gasteiger partial charge on any atom is 0.416 e. The molecule has 7 heteroatoms. The number of alkyl halides is 3. The number of aliphatic hydroxyl groups excluding tert-OH is 1. The van der Waals surface area contributed by atoms with Gasteiger partial charge >= 0.3 is 6.18 Å². The fourth-order valence-electron chi connectivity index (χ4n) is 3.04. The molecule has 0 bridgehead atoms. The molecule has 0 saturated carbocycles. The van der Waals surface area contributed by atoms with E-state index in [-0.39, 0.29) is 12.1 Å². The maximum atomic E-state index is 12.7. The van der Waals surface area contributed by atoms with Crippen LogP contribution in [0.25, 0.3) is 0 Å². The summed E-state index contributed by atoms with van der Waals surface area (Å²) in [5, 5.41) is 12.8. The Balaban J connectivity index is 1.65. The van der Waals surface area contributed by atoms with Crippen molar-refractivity contribution in [3.05, 3.63) is 64.7 Å². The average molecular weight is 364 g/mol. The highest BCUT2D eigenvalue weighted by atomic mass is 19.4. The van der Waals surface area contributed by atoms with Crippen LogP contribution in [0.5, 0.6) is 0 Å². The van der Waals surface area contributed by atoms with Gasteiger partial charge in [0.2, 0.25) is 0 Å². The van der Waals surface area contributed by atoms with E-state index in [1.807, 2.05) is 19.2 Å². The number of benzene rings is 2. The molecule has 2 N–H and O–H groups in total. The molecule has 4 nitrogen and oxygen atoms in total. The Morgan fingerprint density at radius 1 is 1.27 bits per heavy atom. The lowest BCUT2D eigenvalue weighted by Gasteiger charge is -2.16. The van der Waals surface area contributed by atoms with Crippen molar-refractivity contribution >= 4 is 11.6 Å². The number of nitrogens with one attached hydrogen (secondary N) is 1. The molecule has 26 heavy (non-hydrogen) atoms. The molecule has 0 fully saturated rings. The predicted octanol–water partition coefficient (Wildman–Crippen LogP) is 3.16. The lowest BCUT2D eigenvalue weighted by atomic mass is 10.0. The minimum absolute atomic E-state index is 0.0797. The number of aliphatic hydroxyl groups is 1. The molecule has 3 rings (SSSR count). The molecular formula is C19H19F3N2O2. The Morgan fingerprint density at radius 3 is 2.77 bits per heavy atom. The first-order valence-corrected chi connectivity index (χ1v) is 8.23. The maximum absolute atomic E-state index is 12.7. The number of carbonyl (C=O) groups is 1. The van der Waals surface area contributed by atoms with Crippen molar-refractivity contribution < 1.29 is 23.1 Å². The van der Waals surface area contributed by atoms with Gasteiger partial charge in [0.1, 0.15) is 0 Å². The van der Waals surface area contributed by atoms with Crippen LogP contribution >= 0.6 is 0 Å². The summed E-state index contributed by atoms with van der Waals surface area (Å²) in [7, 11) is 2.00. The van der Waals surface area contributed by atoms with E-state index in [1.165, 1.54) is 12.1 Å². The Hall–Kier alpha value is -2.54. The lowest BCUT2D eigenvalue weighted by molar-refractivity contribution is -0.137. The van der Waals surface area contributed by atoms with Gasteiger partial charge in [-0.1, -0.05) is 18.2 Å². The van der Waals surface area contributed by atoms with E-state index >= 15 is 0 Å². The monoisotopic (exact) mass is 364 g/mol. The number of nitrogens with zero attached hydrogens (tertiary/aromatic N) is 1. The van der Waals surface area contributed by atoms with E-state index in [2.05, 4.69) is 10.2 Å². The number of hydrogen-bond donors (Lipinski definition) is 2. The molecule has 2 aromatic carbocycles. The second kappa shape index (κ2) is 6.99. The molecule has 0 aromatic heterocycles. The minimum atomic E-state index is -4.51. The topological polar surface area (TPSA) is 52.6 Å². The zero-order valence-electron chi connectivity index (χ0n) is 14.2. The molecule has 1 amide bonds. The van der Waals surface area contributed by atoms with Crippen LogP contribution in [0.1, 0.15) is 33.2 Å². The lowest BCUT2D eigenvalue weighted by Crippen LogP contribution is -2.28.